The fourth-order valence-electron chi connectivity index (χ4n) is 2.26. The first kappa shape index (κ1) is 28.0. The van der Waals surface area contributed by atoms with Gasteiger partial charge in [-0.3, -0.25) is 0 Å². The average Bonchev–Trinajstić information content (AvgIpc) is 2.67. The van der Waals surface area contributed by atoms with Gasteiger partial charge in [0, 0.05) is 0 Å². The summed E-state index contributed by atoms with van der Waals surface area (Å²) in [6.45, 7) is 12.1. The van der Waals surface area contributed by atoms with Crippen molar-refractivity contribution in [2.45, 2.75) is 79.1 Å². The van der Waals surface area contributed by atoms with E-state index in [1.165, 1.54) is 21.6 Å². The van der Waals surface area contributed by atoms with E-state index in [9.17, 15) is 9.59 Å². The number of rotatable bonds is 16. The van der Waals surface area contributed by atoms with Crippen molar-refractivity contribution in [1.29, 1.82) is 0 Å². The third-order valence-corrected chi connectivity index (χ3v) is 24.5. The Labute approximate surface area is 187 Å². The van der Waals surface area contributed by atoms with Gasteiger partial charge in [-0.05, 0) is 0 Å². The van der Waals surface area contributed by atoms with E-state index < -0.39 is 14.7 Å². The summed E-state index contributed by atoms with van der Waals surface area (Å²) < 4.78 is 0. The molecule has 0 unspecified atom stereocenters. The molecule has 9 heteroatoms. The number of carbonyl (C=O) groups excluding carboxylic acids is 2. The number of nitrogens with zero attached hydrogens (tertiary/aromatic N) is 2. The van der Waals surface area contributed by atoms with Gasteiger partial charge < -0.3 is 0 Å². The van der Waals surface area contributed by atoms with Crippen LogP contribution in [0.5, 0.6) is 0 Å². The molecule has 0 saturated heterocycles. The summed E-state index contributed by atoms with van der Waals surface area (Å²) in [4.78, 5) is 28.8. The first-order valence-electron chi connectivity index (χ1n) is 10.3. The molecule has 156 valence electrons. The van der Waals surface area contributed by atoms with Crippen molar-refractivity contribution in [3.8, 4) is 0 Å². The summed E-state index contributed by atoms with van der Waals surface area (Å²) in [5.41, 5.74) is 0. The second-order valence-corrected chi connectivity index (χ2v) is 24.7. The molecule has 0 N–H and O–H groups in total. The van der Waals surface area contributed by atoms with Crippen LogP contribution in [-0.2, 0) is 14.7 Å². The van der Waals surface area contributed by atoms with Crippen LogP contribution >= 0.6 is 39.2 Å². The number of unbranched alkanes of at least 4 members (excludes halogenated alkanes) is 4. The predicted molar refractivity (Wildman–Crippen MR) is 124 cm³/mol. The second-order valence-electron chi connectivity index (χ2n) is 6.44. The van der Waals surface area contributed by atoms with Gasteiger partial charge in [0.1, 0.15) is 0 Å². The fraction of sp³-hybridized carbons (Fsp3) is 0.889. The summed E-state index contributed by atoms with van der Waals surface area (Å²) in [6.07, 6.45) is 8.77. The molecule has 0 radical (unpaired) electrons. The molecule has 0 aromatic rings. The predicted octanol–water partition coefficient (Wildman–Crippen LogP) is 7.71. The molecule has 0 aliphatic carbocycles. The number of hydrogen-bond acceptors (Lipinski definition) is 6. The van der Waals surface area contributed by atoms with Gasteiger partial charge in [-0.1, -0.05) is 0 Å². The maximum atomic E-state index is 12.4. The zero-order valence-electron chi connectivity index (χ0n) is 17.5. The Kier molecular flexibility index (Phi) is 21.0. The molecule has 0 aromatic carbocycles. The minimum atomic E-state index is -1.00. The van der Waals surface area contributed by atoms with E-state index in [0.717, 1.165) is 77.5 Å². The molecule has 2 amide bonds. The standard InChI is InChI=1S/2C9H19NOS2.Zn/c2*1-3-5-7-10(8-6-4-2)9(11)13-12;/h2*12H,3-8H2,1-2H3;/q;;+2/p-2. The van der Waals surface area contributed by atoms with Crippen LogP contribution in [0.4, 0.5) is 9.59 Å². The average molecular weight is 506 g/mol. The van der Waals surface area contributed by atoms with E-state index >= 15 is 0 Å². The van der Waals surface area contributed by atoms with E-state index in [4.69, 9.17) is 0 Å². The minimum absolute atomic E-state index is 0.206. The van der Waals surface area contributed by atoms with Gasteiger partial charge in [0.25, 0.3) is 0 Å². The van der Waals surface area contributed by atoms with Crippen molar-refractivity contribution in [1.82, 2.24) is 9.80 Å². The van der Waals surface area contributed by atoms with Crippen LogP contribution in [0.3, 0.4) is 0 Å². The van der Waals surface area contributed by atoms with E-state index in [1.807, 2.05) is 9.80 Å². The van der Waals surface area contributed by atoms with Gasteiger partial charge in [-0.25, -0.2) is 0 Å². The van der Waals surface area contributed by atoms with Crippen molar-refractivity contribution in [2.75, 3.05) is 26.2 Å². The quantitative estimate of drug-likeness (QED) is 0.121. The Balaban J connectivity index is 4.10. The first-order valence-corrected chi connectivity index (χ1v) is 22.2. The Morgan fingerprint density at radius 2 is 0.926 bits per heavy atom. The van der Waals surface area contributed by atoms with Crippen LogP contribution in [-0.4, -0.2) is 46.5 Å². The van der Waals surface area contributed by atoms with Gasteiger partial charge in [-0.2, -0.15) is 0 Å². The van der Waals surface area contributed by atoms with Gasteiger partial charge >= 0.3 is 189 Å². The van der Waals surface area contributed by atoms with Crippen LogP contribution in [0.15, 0.2) is 0 Å². The number of carbonyl (C=O) groups is 2. The normalized spacial score (nSPS) is 10.5. The SMILES string of the molecule is CCCCN(CCCC)C(=O)S[S][Zn][S]SC(=O)N(CCCC)CCCC. The molecule has 27 heavy (non-hydrogen) atoms. The summed E-state index contributed by atoms with van der Waals surface area (Å²) >= 11 is -1.00. The van der Waals surface area contributed by atoms with E-state index in [1.54, 1.807) is 17.6 Å². The van der Waals surface area contributed by atoms with Crippen LogP contribution in [0.1, 0.15) is 79.1 Å². The van der Waals surface area contributed by atoms with Crippen LogP contribution < -0.4 is 0 Å². The van der Waals surface area contributed by atoms with E-state index in [0.29, 0.717) is 0 Å². The molecule has 0 spiro atoms. The van der Waals surface area contributed by atoms with Crippen molar-refractivity contribution < 1.29 is 24.3 Å². The maximum absolute atomic E-state index is 12.4. The molecular formula is C18H36N2O2S4Zn. The Morgan fingerprint density at radius 3 is 1.19 bits per heavy atom. The molecule has 0 fully saturated rings. The zero-order chi connectivity index (χ0) is 20.3. The topological polar surface area (TPSA) is 40.6 Å². The molecule has 0 aromatic heterocycles. The molecule has 0 atom stereocenters. The van der Waals surface area contributed by atoms with E-state index in [-0.39, 0.29) is 10.5 Å². The third-order valence-electron chi connectivity index (χ3n) is 4.00. The van der Waals surface area contributed by atoms with Crippen LogP contribution in [0.25, 0.3) is 0 Å². The first-order chi connectivity index (χ1) is 13.1. The molecule has 0 heterocycles. The molecule has 0 bridgehead atoms. The third kappa shape index (κ3) is 15.5. The Hall–Kier alpha value is 0.963. The van der Waals surface area contributed by atoms with Crippen molar-refractivity contribution in [3.05, 3.63) is 0 Å². The van der Waals surface area contributed by atoms with E-state index in [2.05, 4.69) is 27.7 Å². The monoisotopic (exact) mass is 504 g/mol. The van der Waals surface area contributed by atoms with Gasteiger partial charge in [0.2, 0.25) is 0 Å². The van der Waals surface area contributed by atoms with Gasteiger partial charge in [-0.15, -0.1) is 0 Å². The van der Waals surface area contributed by atoms with Gasteiger partial charge in [0.05, 0.1) is 0 Å². The number of hydrogen-bond donors (Lipinski definition) is 0. The second kappa shape index (κ2) is 20.2. The summed E-state index contributed by atoms with van der Waals surface area (Å²) in [7, 11) is 6.26. The number of amides is 2. The molecule has 0 aliphatic heterocycles. The summed E-state index contributed by atoms with van der Waals surface area (Å²) in [5.74, 6) is 0. The van der Waals surface area contributed by atoms with Crippen LogP contribution in [0, 0.1) is 0 Å². The van der Waals surface area contributed by atoms with Crippen molar-refractivity contribution in [2.24, 2.45) is 0 Å². The zero-order valence-corrected chi connectivity index (χ0v) is 23.8. The molecular weight excluding hydrogens is 470 g/mol. The summed E-state index contributed by atoms with van der Waals surface area (Å²) in [5, 5.41) is 0.411. The van der Waals surface area contributed by atoms with Crippen molar-refractivity contribution >= 4 is 49.6 Å². The van der Waals surface area contributed by atoms with Crippen molar-refractivity contribution in [3.63, 3.8) is 0 Å². The molecule has 0 aliphatic rings. The summed E-state index contributed by atoms with van der Waals surface area (Å²) in [6, 6.07) is 0. The molecule has 4 nitrogen and oxygen atoms in total. The fourth-order valence-corrected chi connectivity index (χ4v) is 23.0. The van der Waals surface area contributed by atoms with Crippen LogP contribution in [0.2, 0.25) is 0 Å². The van der Waals surface area contributed by atoms with Gasteiger partial charge in [0.15, 0.2) is 0 Å². The molecule has 0 rings (SSSR count). The molecule has 0 saturated carbocycles. The Bertz CT molecular complexity index is 342. The Morgan fingerprint density at radius 1 is 0.630 bits per heavy atom.